The minimum absolute atomic E-state index is 0.529. The van der Waals surface area contributed by atoms with Crippen LogP contribution in [0.2, 0.25) is 5.02 Å². The molecular formula is C10H10BrClO2. The van der Waals surface area contributed by atoms with Crippen LogP contribution in [0.15, 0.2) is 16.6 Å². The fourth-order valence-corrected chi connectivity index (χ4v) is 2.28. The van der Waals surface area contributed by atoms with Crippen molar-refractivity contribution in [1.82, 2.24) is 0 Å². The summed E-state index contributed by atoms with van der Waals surface area (Å²) < 4.78 is 12.1. The second kappa shape index (κ2) is 3.40. The maximum absolute atomic E-state index is 6.06. The fraction of sp³-hybridized carbons (Fsp3) is 0.400. The van der Waals surface area contributed by atoms with Gasteiger partial charge in [0.25, 0.3) is 0 Å². The molecule has 0 aromatic heterocycles. The fourth-order valence-electron chi connectivity index (χ4n) is 1.36. The van der Waals surface area contributed by atoms with Gasteiger partial charge >= 0.3 is 0 Å². The van der Waals surface area contributed by atoms with E-state index in [1.54, 1.807) is 0 Å². The van der Waals surface area contributed by atoms with Crippen molar-refractivity contribution in [2.45, 2.75) is 26.2 Å². The first-order valence-electron chi connectivity index (χ1n) is 4.29. The Morgan fingerprint density at radius 1 is 1.43 bits per heavy atom. The van der Waals surface area contributed by atoms with Crippen LogP contribution in [0.3, 0.4) is 0 Å². The van der Waals surface area contributed by atoms with E-state index >= 15 is 0 Å². The Bertz CT molecular complexity index is 377. The average molecular weight is 278 g/mol. The molecule has 0 bridgehead atoms. The van der Waals surface area contributed by atoms with Gasteiger partial charge in [-0.2, -0.15) is 0 Å². The van der Waals surface area contributed by atoms with E-state index in [-0.39, 0.29) is 0 Å². The molecule has 0 aliphatic carbocycles. The number of rotatable bonds is 0. The van der Waals surface area contributed by atoms with Crippen molar-refractivity contribution in [3.8, 4) is 5.75 Å². The number of ether oxygens (including phenoxy) is 2. The van der Waals surface area contributed by atoms with Crippen LogP contribution >= 0.6 is 27.5 Å². The number of hydrogen-bond acceptors (Lipinski definition) is 2. The summed E-state index contributed by atoms with van der Waals surface area (Å²) in [5, 5.41) is 0.616. The maximum atomic E-state index is 6.06. The van der Waals surface area contributed by atoms with Gasteiger partial charge in [-0.3, -0.25) is 0 Å². The topological polar surface area (TPSA) is 18.5 Å². The number of benzene rings is 1. The average Bonchev–Trinajstić information content (AvgIpc) is 2.06. The van der Waals surface area contributed by atoms with Crippen LogP contribution in [-0.4, -0.2) is 5.79 Å². The monoisotopic (exact) mass is 276 g/mol. The summed E-state index contributed by atoms with van der Waals surface area (Å²) in [5.74, 6) is 0.135. The molecule has 2 rings (SSSR count). The van der Waals surface area contributed by atoms with E-state index in [0.29, 0.717) is 11.6 Å². The lowest BCUT2D eigenvalue weighted by Gasteiger charge is -2.33. The van der Waals surface area contributed by atoms with Crippen LogP contribution in [-0.2, 0) is 11.3 Å². The second-order valence-corrected chi connectivity index (χ2v) is 4.99. The third-order valence-electron chi connectivity index (χ3n) is 2.01. The van der Waals surface area contributed by atoms with E-state index in [1.807, 2.05) is 26.0 Å². The SMILES string of the molecule is CC1(C)OCc2cc(Br)cc(Cl)c2O1. The van der Waals surface area contributed by atoms with Crippen LogP contribution in [0.4, 0.5) is 0 Å². The normalized spacial score (nSPS) is 18.6. The zero-order valence-electron chi connectivity index (χ0n) is 7.93. The molecule has 76 valence electrons. The third-order valence-corrected chi connectivity index (χ3v) is 2.75. The summed E-state index contributed by atoms with van der Waals surface area (Å²) in [4.78, 5) is 0. The van der Waals surface area contributed by atoms with Crippen molar-refractivity contribution in [3.05, 3.63) is 27.2 Å². The second-order valence-electron chi connectivity index (χ2n) is 3.67. The predicted octanol–water partition coefficient (Wildman–Crippen LogP) is 3.75. The molecule has 0 spiro atoms. The van der Waals surface area contributed by atoms with Gasteiger partial charge in [-0.1, -0.05) is 27.5 Å². The van der Waals surface area contributed by atoms with E-state index in [2.05, 4.69) is 15.9 Å². The molecule has 0 N–H and O–H groups in total. The van der Waals surface area contributed by atoms with Gasteiger partial charge in [-0.15, -0.1) is 0 Å². The highest BCUT2D eigenvalue weighted by Crippen LogP contribution is 2.38. The van der Waals surface area contributed by atoms with Crippen LogP contribution in [0.1, 0.15) is 19.4 Å². The minimum atomic E-state index is -0.593. The van der Waals surface area contributed by atoms with Crippen molar-refractivity contribution >= 4 is 27.5 Å². The van der Waals surface area contributed by atoms with Gasteiger partial charge in [0.05, 0.1) is 11.6 Å². The summed E-state index contributed by atoms with van der Waals surface area (Å²) in [7, 11) is 0. The largest absolute Gasteiger partial charge is 0.461 e. The highest BCUT2D eigenvalue weighted by Gasteiger charge is 2.28. The zero-order chi connectivity index (χ0) is 10.3. The third kappa shape index (κ3) is 1.90. The van der Waals surface area contributed by atoms with Gasteiger partial charge in [0, 0.05) is 23.9 Å². The Kier molecular flexibility index (Phi) is 2.50. The molecule has 14 heavy (non-hydrogen) atoms. The molecule has 1 heterocycles. The maximum Gasteiger partial charge on any atom is 0.205 e. The summed E-state index contributed by atoms with van der Waals surface area (Å²) in [5.41, 5.74) is 0.976. The Morgan fingerprint density at radius 3 is 2.86 bits per heavy atom. The van der Waals surface area contributed by atoms with Crippen molar-refractivity contribution in [2.75, 3.05) is 0 Å². The molecule has 0 atom stereocenters. The van der Waals surface area contributed by atoms with Crippen molar-refractivity contribution in [2.24, 2.45) is 0 Å². The lowest BCUT2D eigenvalue weighted by molar-refractivity contribution is -0.180. The Hall–Kier alpha value is -0.250. The predicted molar refractivity (Wildman–Crippen MR) is 58.6 cm³/mol. The summed E-state index contributed by atoms with van der Waals surface area (Å²) in [6.45, 7) is 4.27. The van der Waals surface area contributed by atoms with E-state index in [1.165, 1.54) is 0 Å². The van der Waals surface area contributed by atoms with Gasteiger partial charge in [0.2, 0.25) is 5.79 Å². The number of fused-ring (bicyclic) bond motifs is 1. The van der Waals surface area contributed by atoms with Gasteiger partial charge in [0.15, 0.2) is 0 Å². The first-order chi connectivity index (χ1) is 6.48. The standard InChI is InChI=1S/C10H10BrClO2/c1-10(2)13-5-6-3-7(11)4-8(12)9(6)14-10/h3-4H,5H2,1-2H3. The van der Waals surface area contributed by atoms with Crippen LogP contribution in [0.5, 0.6) is 5.75 Å². The van der Waals surface area contributed by atoms with E-state index in [0.717, 1.165) is 15.8 Å². The smallest absolute Gasteiger partial charge is 0.205 e. The van der Waals surface area contributed by atoms with Gasteiger partial charge in [0.1, 0.15) is 5.75 Å². The molecule has 1 aromatic rings. The number of halogens is 2. The van der Waals surface area contributed by atoms with Crippen LogP contribution in [0.25, 0.3) is 0 Å². The van der Waals surface area contributed by atoms with Gasteiger partial charge in [-0.25, -0.2) is 0 Å². The van der Waals surface area contributed by atoms with Gasteiger partial charge in [-0.05, 0) is 12.1 Å². The molecule has 1 aromatic carbocycles. The Morgan fingerprint density at radius 2 is 2.14 bits per heavy atom. The summed E-state index contributed by atoms with van der Waals surface area (Å²) in [6, 6.07) is 3.78. The van der Waals surface area contributed by atoms with E-state index in [4.69, 9.17) is 21.1 Å². The molecule has 0 fully saturated rings. The van der Waals surface area contributed by atoms with Crippen molar-refractivity contribution < 1.29 is 9.47 Å². The lowest BCUT2D eigenvalue weighted by atomic mass is 10.2. The van der Waals surface area contributed by atoms with Crippen LogP contribution in [0, 0.1) is 0 Å². The molecule has 1 aliphatic heterocycles. The summed E-state index contributed by atoms with van der Waals surface area (Å²) in [6.07, 6.45) is 0. The lowest BCUT2D eigenvalue weighted by Crippen LogP contribution is -2.35. The van der Waals surface area contributed by atoms with Crippen molar-refractivity contribution in [3.63, 3.8) is 0 Å². The first kappa shape index (κ1) is 10.3. The van der Waals surface area contributed by atoms with E-state index < -0.39 is 5.79 Å². The zero-order valence-corrected chi connectivity index (χ0v) is 10.3. The molecule has 0 radical (unpaired) electrons. The van der Waals surface area contributed by atoms with E-state index in [9.17, 15) is 0 Å². The molecular weight excluding hydrogens is 267 g/mol. The molecule has 2 nitrogen and oxygen atoms in total. The van der Waals surface area contributed by atoms with Crippen LogP contribution < -0.4 is 4.74 Å². The van der Waals surface area contributed by atoms with Crippen molar-refractivity contribution in [1.29, 1.82) is 0 Å². The highest BCUT2D eigenvalue weighted by atomic mass is 79.9. The molecule has 0 saturated heterocycles. The molecule has 0 saturated carbocycles. The Balaban J connectivity index is 2.47. The Labute approximate surface area is 96.3 Å². The molecule has 1 aliphatic rings. The summed E-state index contributed by atoms with van der Waals surface area (Å²) >= 11 is 9.44. The highest BCUT2D eigenvalue weighted by molar-refractivity contribution is 9.10. The molecule has 0 amide bonds. The molecule has 0 unspecified atom stereocenters. The quantitative estimate of drug-likeness (QED) is 0.719. The van der Waals surface area contributed by atoms with Gasteiger partial charge < -0.3 is 9.47 Å². The minimum Gasteiger partial charge on any atom is -0.461 e. The number of hydrogen-bond donors (Lipinski definition) is 0. The molecule has 4 heteroatoms. The first-order valence-corrected chi connectivity index (χ1v) is 5.46.